The van der Waals surface area contributed by atoms with E-state index < -0.39 is 0 Å². The molecule has 4 nitrogen and oxygen atoms in total. The summed E-state index contributed by atoms with van der Waals surface area (Å²) in [7, 11) is 0. The number of rotatable bonds is 5. The van der Waals surface area contributed by atoms with Crippen molar-refractivity contribution in [3.8, 4) is 0 Å². The Kier molecular flexibility index (Phi) is 7.88. The molecule has 0 spiro atoms. The zero-order chi connectivity index (χ0) is 22.7. The molecule has 4 rings (SSSR count). The second kappa shape index (κ2) is 10.6. The molecule has 1 N–H and O–H groups in total. The van der Waals surface area contributed by atoms with Crippen molar-refractivity contribution in [2.45, 2.75) is 44.6 Å². The number of anilines is 1. The normalized spacial score (nSPS) is 22.4. The van der Waals surface area contributed by atoms with Crippen LogP contribution in [0.25, 0.3) is 0 Å². The Labute approximate surface area is 205 Å². The fourth-order valence-electron chi connectivity index (χ4n) is 4.79. The number of nitrogens with zero attached hydrogens (tertiary/aromatic N) is 1. The van der Waals surface area contributed by atoms with E-state index in [4.69, 9.17) is 39.5 Å². The molecule has 32 heavy (non-hydrogen) atoms. The Hall–Kier alpha value is -1.46. The van der Waals surface area contributed by atoms with Crippen molar-refractivity contribution >= 4 is 46.4 Å². The van der Waals surface area contributed by atoms with Gasteiger partial charge in [0.1, 0.15) is 0 Å². The maximum Gasteiger partial charge on any atom is 0.225 e. The van der Waals surface area contributed by atoms with Crippen LogP contribution in [0, 0.1) is 5.92 Å². The van der Waals surface area contributed by atoms with Gasteiger partial charge in [0.25, 0.3) is 0 Å². The summed E-state index contributed by atoms with van der Waals surface area (Å²) in [4.78, 5) is 14.8. The average molecular weight is 496 g/mol. The molecule has 2 aliphatic rings. The fraction of sp³-hybridized carbons (Fsp3) is 0.480. The Balaban J connectivity index is 1.40. The summed E-state index contributed by atoms with van der Waals surface area (Å²) < 4.78 is 5.38. The van der Waals surface area contributed by atoms with Crippen LogP contribution < -0.4 is 5.32 Å². The zero-order valence-electron chi connectivity index (χ0n) is 18.3. The lowest BCUT2D eigenvalue weighted by atomic mass is 9.78. The van der Waals surface area contributed by atoms with Crippen LogP contribution in [0.3, 0.4) is 0 Å². The van der Waals surface area contributed by atoms with Gasteiger partial charge in [-0.1, -0.05) is 46.9 Å². The first-order chi connectivity index (χ1) is 15.4. The number of nitrogens with one attached hydrogen (secondary N) is 1. The Bertz CT molecular complexity index is 954. The third kappa shape index (κ3) is 5.53. The van der Waals surface area contributed by atoms with Gasteiger partial charge in [-0.15, -0.1) is 0 Å². The highest BCUT2D eigenvalue weighted by Crippen LogP contribution is 2.39. The van der Waals surface area contributed by atoms with Crippen LogP contribution in [0.4, 0.5) is 5.69 Å². The van der Waals surface area contributed by atoms with Crippen LogP contribution in [-0.2, 0) is 9.53 Å². The number of halogens is 3. The van der Waals surface area contributed by atoms with Crippen LogP contribution >= 0.6 is 34.8 Å². The molecule has 2 aromatic rings. The van der Waals surface area contributed by atoms with E-state index in [0.717, 1.165) is 50.0 Å². The monoisotopic (exact) mass is 494 g/mol. The van der Waals surface area contributed by atoms with Crippen molar-refractivity contribution in [1.29, 1.82) is 0 Å². The molecule has 0 aromatic heterocycles. The minimum Gasteiger partial charge on any atom is -0.378 e. The van der Waals surface area contributed by atoms with Gasteiger partial charge in [0.2, 0.25) is 5.91 Å². The summed E-state index contributed by atoms with van der Waals surface area (Å²) in [6.45, 7) is 4.81. The molecule has 172 valence electrons. The second-order valence-corrected chi connectivity index (χ2v) is 10.0. The van der Waals surface area contributed by atoms with Crippen molar-refractivity contribution in [2.24, 2.45) is 5.92 Å². The number of hydrogen-bond donors (Lipinski definition) is 1. The number of benzene rings is 2. The highest BCUT2D eigenvalue weighted by atomic mass is 35.5. The molecule has 1 saturated heterocycles. The molecule has 1 aliphatic heterocycles. The number of amides is 1. The van der Waals surface area contributed by atoms with E-state index in [9.17, 15) is 4.79 Å². The van der Waals surface area contributed by atoms with Gasteiger partial charge < -0.3 is 15.0 Å². The number of hydrogen-bond acceptors (Lipinski definition) is 3. The van der Waals surface area contributed by atoms with E-state index in [1.54, 1.807) is 6.07 Å². The maximum atomic E-state index is 12.8. The number of morpholine rings is 1. The highest BCUT2D eigenvalue weighted by molar-refractivity contribution is 6.35. The molecule has 1 aliphatic carbocycles. The van der Waals surface area contributed by atoms with E-state index in [-0.39, 0.29) is 12.0 Å². The summed E-state index contributed by atoms with van der Waals surface area (Å²) in [6.07, 6.45) is 3.90. The van der Waals surface area contributed by atoms with Gasteiger partial charge >= 0.3 is 0 Å². The summed E-state index contributed by atoms with van der Waals surface area (Å²) in [5.74, 6) is 0.885. The highest BCUT2D eigenvalue weighted by Gasteiger charge is 2.31. The summed E-state index contributed by atoms with van der Waals surface area (Å²) >= 11 is 18.9. The molecular weight excluding hydrogens is 467 g/mol. The van der Waals surface area contributed by atoms with Gasteiger partial charge in [0.15, 0.2) is 0 Å². The molecule has 7 heteroatoms. The van der Waals surface area contributed by atoms with Crippen LogP contribution in [0.1, 0.15) is 55.7 Å². The van der Waals surface area contributed by atoms with Gasteiger partial charge in [-0.25, -0.2) is 0 Å². The van der Waals surface area contributed by atoms with Crippen molar-refractivity contribution < 1.29 is 9.53 Å². The first-order valence-electron chi connectivity index (χ1n) is 11.3. The molecule has 1 amide bonds. The fourth-order valence-corrected chi connectivity index (χ4v) is 5.53. The number of carbonyl (C=O) groups excluding carboxylic acids is 1. The first kappa shape index (κ1) is 23.7. The third-order valence-corrected chi connectivity index (χ3v) is 7.55. The lowest BCUT2D eigenvalue weighted by molar-refractivity contribution is -0.140. The summed E-state index contributed by atoms with van der Waals surface area (Å²) in [6, 6.07) is 11.7. The topological polar surface area (TPSA) is 41.6 Å². The molecule has 2 fully saturated rings. The van der Waals surface area contributed by atoms with Crippen molar-refractivity contribution in [2.75, 3.05) is 31.6 Å². The molecule has 1 heterocycles. The van der Waals surface area contributed by atoms with Crippen LogP contribution in [-0.4, -0.2) is 37.1 Å². The Morgan fingerprint density at radius 3 is 2.41 bits per heavy atom. The molecule has 0 unspecified atom stereocenters. The van der Waals surface area contributed by atoms with Gasteiger partial charge in [0.05, 0.1) is 30.0 Å². The smallest absolute Gasteiger partial charge is 0.225 e. The first-order valence-corrected chi connectivity index (χ1v) is 12.4. The van der Waals surface area contributed by atoms with E-state index in [1.807, 2.05) is 23.1 Å². The SMILES string of the molecule is C[C@@H](Nc1cc(C2CCC(C(=O)N3CCOCC3)CC2)ccc1Cl)c1ccc(Cl)cc1Cl. The molecule has 0 bridgehead atoms. The van der Waals surface area contributed by atoms with E-state index >= 15 is 0 Å². The van der Waals surface area contributed by atoms with Gasteiger partial charge in [-0.3, -0.25) is 4.79 Å². The number of ether oxygens (including phenoxy) is 1. The van der Waals surface area contributed by atoms with Crippen LogP contribution in [0.2, 0.25) is 15.1 Å². The lowest BCUT2D eigenvalue weighted by Crippen LogP contribution is -2.44. The lowest BCUT2D eigenvalue weighted by Gasteiger charge is -2.34. The van der Waals surface area contributed by atoms with Crippen molar-refractivity contribution in [3.63, 3.8) is 0 Å². The maximum absolute atomic E-state index is 12.8. The molecular formula is C25H29Cl3N2O2. The minimum atomic E-state index is -0.0191. The van der Waals surface area contributed by atoms with Crippen molar-refractivity contribution in [1.82, 2.24) is 4.90 Å². The molecule has 0 radical (unpaired) electrons. The summed E-state index contributed by atoms with van der Waals surface area (Å²) in [5, 5.41) is 5.44. The number of carbonyl (C=O) groups is 1. The van der Waals surface area contributed by atoms with E-state index in [0.29, 0.717) is 40.1 Å². The third-order valence-electron chi connectivity index (χ3n) is 6.66. The second-order valence-electron chi connectivity index (χ2n) is 8.76. The molecule has 1 saturated carbocycles. The van der Waals surface area contributed by atoms with Gasteiger partial charge in [0, 0.05) is 29.1 Å². The quantitative estimate of drug-likeness (QED) is 0.488. The Morgan fingerprint density at radius 2 is 1.72 bits per heavy atom. The summed E-state index contributed by atoms with van der Waals surface area (Å²) in [5.41, 5.74) is 3.14. The predicted octanol–water partition coefficient (Wildman–Crippen LogP) is 6.95. The average Bonchev–Trinajstić information content (AvgIpc) is 2.80. The molecule has 2 aromatic carbocycles. The zero-order valence-corrected chi connectivity index (χ0v) is 20.5. The Morgan fingerprint density at radius 1 is 1.00 bits per heavy atom. The minimum absolute atomic E-state index is 0.0191. The van der Waals surface area contributed by atoms with E-state index in [1.165, 1.54) is 5.56 Å². The standard InChI is InChI=1S/C25H29Cl3N2O2/c1-16(21-8-7-20(26)15-23(21)28)29-24-14-19(6-9-22(24)27)17-2-4-18(5-3-17)25(31)30-10-12-32-13-11-30/h6-9,14-18,29H,2-5,10-13H2,1H3/t16-,17?,18?/m1/s1. The molecule has 1 atom stereocenters. The van der Waals surface area contributed by atoms with Crippen LogP contribution in [0.15, 0.2) is 36.4 Å². The van der Waals surface area contributed by atoms with Crippen molar-refractivity contribution in [3.05, 3.63) is 62.6 Å². The van der Waals surface area contributed by atoms with Gasteiger partial charge in [-0.2, -0.15) is 0 Å². The van der Waals surface area contributed by atoms with E-state index in [2.05, 4.69) is 24.4 Å². The van der Waals surface area contributed by atoms with Crippen LogP contribution in [0.5, 0.6) is 0 Å². The largest absolute Gasteiger partial charge is 0.378 e. The van der Waals surface area contributed by atoms with Gasteiger partial charge in [-0.05, 0) is 73.9 Å². The predicted molar refractivity (Wildman–Crippen MR) is 132 cm³/mol.